The van der Waals surface area contributed by atoms with Gasteiger partial charge in [-0.3, -0.25) is 19.7 Å². The van der Waals surface area contributed by atoms with Crippen LogP contribution in [0.3, 0.4) is 0 Å². The third kappa shape index (κ3) is 4.95. The van der Waals surface area contributed by atoms with E-state index in [1.54, 1.807) is 6.20 Å². The number of nitrogens with zero attached hydrogens (tertiary/aromatic N) is 4. The fourth-order valence-electron chi connectivity index (χ4n) is 4.56. The molecule has 186 valence electrons. The number of hydrogen-bond acceptors (Lipinski definition) is 7. The number of hydrogen-bond donors (Lipinski definition) is 4. The topological polar surface area (TPSA) is 139 Å². The average molecular weight is 498 g/mol. The molecule has 0 spiro atoms. The molecule has 0 bridgehead atoms. The van der Waals surface area contributed by atoms with Crippen LogP contribution in [-0.2, 0) is 0 Å². The Kier molecular flexibility index (Phi) is 6.35. The molecule has 0 radical (unpaired) electrons. The van der Waals surface area contributed by atoms with Crippen LogP contribution in [0.4, 0.5) is 10.5 Å². The van der Waals surface area contributed by atoms with Crippen molar-refractivity contribution in [2.24, 2.45) is 11.8 Å². The predicted molar refractivity (Wildman–Crippen MR) is 134 cm³/mol. The fraction of sp³-hybridized carbons (Fsp3) is 0.500. The van der Waals surface area contributed by atoms with Crippen molar-refractivity contribution >= 4 is 27.9 Å². The summed E-state index contributed by atoms with van der Waals surface area (Å²) in [5.74, 6) is 0.540. The van der Waals surface area contributed by atoms with Crippen LogP contribution in [0.15, 0.2) is 23.0 Å². The molecule has 2 aliphatic carbocycles. The Morgan fingerprint density at radius 3 is 2.37 bits per heavy atom. The van der Waals surface area contributed by atoms with Gasteiger partial charge in [-0.1, -0.05) is 30.1 Å². The zero-order chi connectivity index (χ0) is 24.7. The van der Waals surface area contributed by atoms with Gasteiger partial charge in [0.2, 0.25) is 0 Å². The van der Waals surface area contributed by atoms with E-state index in [0.717, 1.165) is 48.3 Å². The molecule has 2 aliphatic rings. The van der Waals surface area contributed by atoms with Gasteiger partial charge in [0.1, 0.15) is 5.69 Å². The van der Waals surface area contributed by atoms with E-state index in [1.807, 2.05) is 39.8 Å². The van der Waals surface area contributed by atoms with Gasteiger partial charge in [-0.2, -0.15) is 5.10 Å². The molecule has 35 heavy (non-hydrogen) atoms. The van der Waals surface area contributed by atoms with E-state index in [9.17, 15) is 9.59 Å². The molecule has 0 saturated heterocycles. The van der Waals surface area contributed by atoms with E-state index in [1.165, 1.54) is 0 Å². The van der Waals surface area contributed by atoms with Crippen molar-refractivity contribution in [2.75, 3.05) is 5.32 Å². The number of rotatable bonds is 7. The Labute approximate surface area is 206 Å². The van der Waals surface area contributed by atoms with E-state index in [-0.39, 0.29) is 22.1 Å². The van der Waals surface area contributed by atoms with E-state index in [2.05, 4.69) is 35.5 Å². The molecule has 2 saturated carbocycles. The Bertz CT molecular complexity index is 1200. The molecule has 11 heteroatoms. The van der Waals surface area contributed by atoms with E-state index >= 15 is 0 Å². The largest absolute Gasteiger partial charge is 0.316 e. The SMILES string of the molecule is Cc1n[nH]c(C)c1-c1ccc(NC(=O)[SH](NC(=O)c2nonc2C(C)C)C(C2CC2)C2CC2)cn1. The summed E-state index contributed by atoms with van der Waals surface area (Å²) in [6.07, 6.45) is 6.06. The van der Waals surface area contributed by atoms with Crippen LogP contribution in [0.5, 0.6) is 0 Å². The van der Waals surface area contributed by atoms with Gasteiger partial charge >= 0.3 is 0 Å². The Morgan fingerprint density at radius 2 is 1.83 bits per heavy atom. The van der Waals surface area contributed by atoms with Gasteiger partial charge in [-0.25, -0.2) is 4.63 Å². The summed E-state index contributed by atoms with van der Waals surface area (Å²) in [7, 11) is 0. The van der Waals surface area contributed by atoms with Crippen LogP contribution in [0.2, 0.25) is 0 Å². The molecule has 0 aromatic carbocycles. The maximum atomic E-state index is 13.6. The smallest absolute Gasteiger partial charge is 0.284 e. The molecule has 1 unspecified atom stereocenters. The minimum Gasteiger partial charge on any atom is -0.316 e. The van der Waals surface area contributed by atoms with Crippen molar-refractivity contribution in [1.82, 2.24) is 30.2 Å². The van der Waals surface area contributed by atoms with Crippen molar-refractivity contribution in [1.29, 1.82) is 0 Å². The number of carbonyl (C=O) groups is 2. The highest BCUT2D eigenvalue weighted by molar-refractivity contribution is 8.29. The van der Waals surface area contributed by atoms with Gasteiger partial charge in [-0.05, 0) is 68.7 Å². The lowest BCUT2D eigenvalue weighted by Crippen LogP contribution is -2.35. The molecule has 10 nitrogen and oxygen atoms in total. The second-order valence-electron chi connectivity index (χ2n) is 9.80. The molecular formula is C24H31N7O3S. The Balaban J connectivity index is 1.36. The van der Waals surface area contributed by atoms with Crippen LogP contribution < -0.4 is 10.0 Å². The first-order valence-corrected chi connectivity index (χ1v) is 13.5. The number of H-pyrrole nitrogens is 1. The molecule has 2 amide bonds. The first-order valence-electron chi connectivity index (χ1n) is 12.0. The summed E-state index contributed by atoms with van der Waals surface area (Å²) in [5, 5.41) is 17.9. The van der Waals surface area contributed by atoms with Crippen LogP contribution in [0.25, 0.3) is 11.3 Å². The summed E-state index contributed by atoms with van der Waals surface area (Å²) in [5.41, 5.74) is 4.81. The summed E-state index contributed by atoms with van der Waals surface area (Å²) in [6.45, 7) is 7.73. The average Bonchev–Trinajstić information content (AvgIpc) is 3.76. The van der Waals surface area contributed by atoms with Crippen molar-refractivity contribution in [2.45, 2.75) is 64.5 Å². The second-order valence-corrected chi connectivity index (χ2v) is 11.8. The lowest BCUT2D eigenvalue weighted by atomic mass is 10.1. The van der Waals surface area contributed by atoms with E-state index < -0.39 is 17.0 Å². The van der Waals surface area contributed by atoms with Crippen molar-refractivity contribution in [3.05, 3.63) is 41.1 Å². The number of carbonyl (C=O) groups excluding carboxylic acids is 2. The molecule has 5 rings (SSSR count). The fourth-order valence-corrected chi connectivity index (χ4v) is 7.10. The third-order valence-corrected chi connectivity index (χ3v) is 9.06. The van der Waals surface area contributed by atoms with Crippen LogP contribution in [0, 0.1) is 25.7 Å². The van der Waals surface area contributed by atoms with Crippen LogP contribution in [-0.4, -0.2) is 41.9 Å². The van der Waals surface area contributed by atoms with Crippen molar-refractivity contribution in [3.8, 4) is 11.3 Å². The quantitative estimate of drug-likeness (QED) is 0.348. The first kappa shape index (κ1) is 23.5. The summed E-state index contributed by atoms with van der Waals surface area (Å²) in [4.78, 5) is 31.3. The van der Waals surface area contributed by atoms with Crippen molar-refractivity contribution < 1.29 is 14.2 Å². The normalized spacial score (nSPS) is 17.0. The number of anilines is 1. The highest BCUT2D eigenvalue weighted by atomic mass is 32.2. The van der Waals surface area contributed by atoms with Gasteiger partial charge in [-0.15, -0.1) is 0 Å². The Hall–Kier alpha value is -3.21. The molecule has 2 fully saturated rings. The van der Waals surface area contributed by atoms with E-state index in [4.69, 9.17) is 4.63 Å². The molecule has 0 aliphatic heterocycles. The van der Waals surface area contributed by atoms with E-state index in [0.29, 0.717) is 23.2 Å². The number of aromatic amines is 1. The molecule has 1 atom stereocenters. The van der Waals surface area contributed by atoms with Gasteiger partial charge < -0.3 is 10.0 Å². The summed E-state index contributed by atoms with van der Waals surface area (Å²) < 4.78 is 7.88. The summed E-state index contributed by atoms with van der Waals surface area (Å²) >= 11 is -1.49. The number of nitrogens with one attached hydrogen (secondary N) is 3. The lowest BCUT2D eigenvalue weighted by Gasteiger charge is -2.30. The second kappa shape index (κ2) is 9.44. The third-order valence-electron chi connectivity index (χ3n) is 6.62. The lowest BCUT2D eigenvalue weighted by molar-refractivity contribution is 0.0973. The first-order chi connectivity index (χ1) is 16.8. The molecular weight excluding hydrogens is 466 g/mol. The standard InChI is InChI=1S/C24H31N7O3S/c1-12(2)20-21(30-34-29-20)23(32)31-35(22(15-5-6-15)16-7-8-16)24(33)26-17-9-10-18(25-11-17)19-13(3)27-28-14(19)4/h9-12,15-16,22,35H,5-8H2,1-4H3,(H,26,33)(H,27,28)(H,31,32). The Morgan fingerprint density at radius 1 is 1.11 bits per heavy atom. The number of aromatic nitrogens is 5. The highest BCUT2D eigenvalue weighted by Gasteiger charge is 2.47. The zero-order valence-corrected chi connectivity index (χ0v) is 21.2. The van der Waals surface area contributed by atoms with Crippen LogP contribution in [0.1, 0.15) is 73.0 Å². The number of aryl methyl sites for hydroxylation is 2. The molecule has 3 heterocycles. The number of amides is 2. The van der Waals surface area contributed by atoms with Crippen LogP contribution >= 0.6 is 11.1 Å². The molecule has 3 N–H and O–H groups in total. The maximum absolute atomic E-state index is 13.6. The minimum atomic E-state index is -1.49. The highest BCUT2D eigenvalue weighted by Crippen LogP contribution is 2.55. The number of pyridine rings is 1. The number of thiol groups is 1. The monoisotopic (exact) mass is 497 g/mol. The predicted octanol–water partition coefficient (Wildman–Crippen LogP) is 4.66. The minimum absolute atomic E-state index is 0.0168. The zero-order valence-electron chi connectivity index (χ0n) is 20.3. The van der Waals surface area contributed by atoms with Gasteiger partial charge in [0.15, 0.2) is 5.69 Å². The maximum Gasteiger partial charge on any atom is 0.284 e. The van der Waals surface area contributed by atoms with Crippen molar-refractivity contribution in [3.63, 3.8) is 0 Å². The summed E-state index contributed by atoms with van der Waals surface area (Å²) in [6, 6.07) is 3.71. The molecule has 3 aromatic rings. The molecule has 3 aromatic heterocycles. The van der Waals surface area contributed by atoms with Gasteiger partial charge in [0.05, 0.1) is 23.3 Å². The van der Waals surface area contributed by atoms with Gasteiger partial charge in [0.25, 0.3) is 11.1 Å². The van der Waals surface area contributed by atoms with Gasteiger partial charge in [0, 0.05) is 22.4 Å².